The van der Waals surface area contributed by atoms with Gasteiger partial charge in [0.05, 0.1) is 21.4 Å². The first-order chi connectivity index (χ1) is 13.9. The Balaban J connectivity index is 1.43. The average Bonchev–Trinajstić information content (AvgIpc) is 2.69. The van der Waals surface area contributed by atoms with E-state index in [1.807, 2.05) is 4.90 Å². The van der Waals surface area contributed by atoms with Gasteiger partial charge in [-0.1, -0.05) is 23.2 Å². The number of amides is 1. The quantitative estimate of drug-likeness (QED) is 0.756. The molecule has 3 heterocycles. The van der Waals surface area contributed by atoms with Crippen molar-refractivity contribution in [2.45, 2.75) is 31.3 Å². The largest absolute Gasteiger partial charge is 0.490 e. The number of ether oxygens (including phenoxy) is 1. The van der Waals surface area contributed by atoms with E-state index < -0.39 is 11.4 Å². The van der Waals surface area contributed by atoms with Crippen LogP contribution in [0.15, 0.2) is 24.5 Å². The van der Waals surface area contributed by atoms with Crippen molar-refractivity contribution in [3.63, 3.8) is 0 Å². The lowest BCUT2D eigenvalue weighted by molar-refractivity contribution is -0.116. The number of aromatic nitrogens is 1. The Morgan fingerprint density at radius 1 is 1.21 bits per heavy atom. The number of hydrogen-bond acceptors (Lipinski definition) is 5. The third kappa shape index (κ3) is 4.13. The summed E-state index contributed by atoms with van der Waals surface area (Å²) in [5.74, 6) is -0.219. The molecule has 1 aromatic carbocycles. The molecule has 0 saturated carbocycles. The molecule has 0 bridgehead atoms. The highest BCUT2D eigenvalue weighted by Gasteiger charge is 2.35. The number of nitrogens with one attached hydrogen (secondary N) is 1. The highest BCUT2D eigenvalue weighted by atomic mass is 35.5. The van der Waals surface area contributed by atoms with E-state index in [4.69, 9.17) is 27.9 Å². The van der Waals surface area contributed by atoms with Gasteiger partial charge in [0.25, 0.3) is 0 Å². The highest BCUT2D eigenvalue weighted by molar-refractivity contribution is 6.38. The van der Waals surface area contributed by atoms with Gasteiger partial charge in [0.2, 0.25) is 5.91 Å². The van der Waals surface area contributed by atoms with Crippen LogP contribution in [0.3, 0.4) is 0 Å². The number of anilines is 2. The summed E-state index contributed by atoms with van der Waals surface area (Å²) in [6, 6.07) is 2.81. The lowest BCUT2D eigenvalue weighted by Crippen LogP contribution is -2.48. The zero-order chi connectivity index (χ0) is 20.6. The second-order valence-corrected chi connectivity index (χ2v) is 8.21. The van der Waals surface area contributed by atoms with Crippen molar-refractivity contribution in [1.82, 2.24) is 4.98 Å². The SMILES string of the molecule is O=C1CCc2c(OCC3(O)CCN(c4c(Cl)cncc4Cl)CC3)ccc(F)c2N1. The first kappa shape index (κ1) is 20.2. The van der Waals surface area contributed by atoms with E-state index in [1.165, 1.54) is 6.07 Å². The van der Waals surface area contributed by atoms with Crippen LogP contribution in [0, 0.1) is 5.82 Å². The maximum Gasteiger partial charge on any atom is 0.224 e. The van der Waals surface area contributed by atoms with Crippen LogP contribution in [0.1, 0.15) is 24.8 Å². The molecule has 1 fully saturated rings. The summed E-state index contributed by atoms with van der Waals surface area (Å²) in [6.45, 7) is 1.19. The summed E-state index contributed by atoms with van der Waals surface area (Å²) in [5.41, 5.74) is 0.486. The number of fused-ring (bicyclic) bond motifs is 1. The molecule has 1 amide bonds. The minimum atomic E-state index is -1.03. The van der Waals surface area contributed by atoms with Crippen molar-refractivity contribution < 1.29 is 19.0 Å². The van der Waals surface area contributed by atoms with E-state index in [9.17, 15) is 14.3 Å². The Morgan fingerprint density at radius 2 is 1.90 bits per heavy atom. The van der Waals surface area contributed by atoms with Gasteiger partial charge in [-0.3, -0.25) is 9.78 Å². The number of aliphatic hydroxyl groups is 1. The Morgan fingerprint density at radius 3 is 2.59 bits per heavy atom. The van der Waals surface area contributed by atoms with Crippen LogP contribution in [0.25, 0.3) is 0 Å². The van der Waals surface area contributed by atoms with E-state index in [-0.39, 0.29) is 24.6 Å². The van der Waals surface area contributed by atoms with Crippen LogP contribution in [-0.2, 0) is 11.2 Å². The highest BCUT2D eigenvalue weighted by Crippen LogP contribution is 2.37. The number of piperidine rings is 1. The summed E-state index contributed by atoms with van der Waals surface area (Å²) in [6.07, 6.45) is 4.69. The molecular formula is C20H20Cl2FN3O3. The van der Waals surface area contributed by atoms with Gasteiger partial charge in [0, 0.05) is 37.5 Å². The van der Waals surface area contributed by atoms with Crippen molar-refractivity contribution in [2.75, 3.05) is 29.9 Å². The summed E-state index contributed by atoms with van der Waals surface area (Å²) < 4.78 is 19.9. The van der Waals surface area contributed by atoms with Gasteiger partial charge in [0.15, 0.2) is 0 Å². The lowest BCUT2D eigenvalue weighted by Gasteiger charge is -2.39. The van der Waals surface area contributed by atoms with Crippen LogP contribution >= 0.6 is 23.2 Å². The molecule has 6 nitrogen and oxygen atoms in total. The van der Waals surface area contributed by atoms with Crippen LogP contribution < -0.4 is 15.0 Å². The molecule has 2 aliphatic heterocycles. The Hall–Kier alpha value is -2.09. The minimum Gasteiger partial charge on any atom is -0.490 e. The minimum absolute atomic E-state index is 0.0741. The molecule has 4 rings (SSSR count). The second kappa shape index (κ2) is 7.97. The maximum absolute atomic E-state index is 14.0. The zero-order valence-electron chi connectivity index (χ0n) is 15.6. The van der Waals surface area contributed by atoms with Crippen molar-refractivity contribution in [1.29, 1.82) is 0 Å². The topological polar surface area (TPSA) is 74.7 Å². The number of rotatable bonds is 4. The molecule has 154 valence electrons. The number of benzene rings is 1. The smallest absolute Gasteiger partial charge is 0.224 e. The van der Waals surface area contributed by atoms with Crippen LogP contribution in [-0.4, -0.2) is 41.3 Å². The predicted molar refractivity (Wildman–Crippen MR) is 109 cm³/mol. The molecule has 1 saturated heterocycles. The van der Waals surface area contributed by atoms with E-state index in [0.717, 1.165) is 5.69 Å². The average molecular weight is 440 g/mol. The molecule has 0 spiro atoms. The molecule has 2 aliphatic rings. The van der Waals surface area contributed by atoms with E-state index in [1.54, 1.807) is 18.5 Å². The number of carbonyl (C=O) groups is 1. The number of hydrogen-bond donors (Lipinski definition) is 2. The number of nitrogens with zero attached hydrogens (tertiary/aromatic N) is 2. The monoisotopic (exact) mass is 439 g/mol. The zero-order valence-corrected chi connectivity index (χ0v) is 17.1. The summed E-state index contributed by atoms with van der Waals surface area (Å²) in [4.78, 5) is 17.5. The third-order valence-electron chi connectivity index (χ3n) is 5.42. The molecule has 2 aromatic rings. The lowest BCUT2D eigenvalue weighted by atomic mass is 9.92. The van der Waals surface area contributed by atoms with Crippen molar-refractivity contribution >= 4 is 40.5 Å². The van der Waals surface area contributed by atoms with E-state index >= 15 is 0 Å². The fourth-order valence-electron chi connectivity index (χ4n) is 3.77. The maximum atomic E-state index is 14.0. The molecule has 0 atom stereocenters. The van der Waals surface area contributed by atoms with Gasteiger partial charge < -0.3 is 20.1 Å². The second-order valence-electron chi connectivity index (χ2n) is 7.40. The fourth-order valence-corrected chi connectivity index (χ4v) is 4.37. The van der Waals surface area contributed by atoms with Crippen LogP contribution in [0.2, 0.25) is 10.0 Å². The standard InChI is InChI=1S/C20H20Cl2FN3O3/c21-13-9-24-10-14(22)19(13)26-7-5-20(28,6-8-26)11-29-16-3-2-15(23)18-12(16)1-4-17(27)25-18/h2-3,9-10,28H,1,4-8,11H2,(H,25,27). The molecule has 0 unspecified atom stereocenters. The molecule has 9 heteroatoms. The number of carbonyl (C=O) groups excluding carboxylic acids is 1. The van der Waals surface area contributed by atoms with Gasteiger partial charge in [-0.25, -0.2) is 4.39 Å². The third-order valence-corrected chi connectivity index (χ3v) is 5.97. The molecule has 2 N–H and O–H groups in total. The normalized spacial score (nSPS) is 18.2. The first-order valence-electron chi connectivity index (χ1n) is 9.37. The Bertz CT molecular complexity index is 929. The van der Waals surface area contributed by atoms with Crippen molar-refractivity contribution in [3.8, 4) is 5.75 Å². The van der Waals surface area contributed by atoms with Crippen molar-refractivity contribution in [3.05, 3.63) is 46.0 Å². The Labute approximate surface area is 177 Å². The van der Waals surface area contributed by atoms with Gasteiger partial charge in [-0.05, 0) is 31.4 Å². The summed E-state index contributed by atoms with van der Waals surface area (Å²) in [5, 5.41) is 14.5. The van der Waals surface area contributed by atoms with Crippen molar-refractivity contribution in [2.24, 2.45) is 0 Å². The molecule has 29 heavy (non-hydrogen) atoms. The number of halogens is 3. The fraction of sp³-hybridized carbons (Fsp3) is 0.400. The molecule has 1 aromatic heterocycles. The van der Waals surface area contributed by atoms with Gasteiger partial charge >= 0.3 is 0 Å². The predicted octanol–water partition coefficient (Wildman–Crippen LogP) is 3.82. The van der Waals surface area contributed by atoms with Crippen LogP contribution in [0.5, 0.6) is 5.75 Å². The van der Waals surface area contributed by atoms with Gasteiger partial charge in [-0.15, -0.1) is 0 Å². The summed E-state index contributed by atoms with van der Waals surface area (Å²) in [7, 11) is 0. The molecular weight excluding hydrogens is 420 g/mol. The first-order valence-corrected chi connectivity index (χ1v) is 10.1. The van der Waals surface area contributed by atoms with E-state index in [2.05, 4.69) is 10.3 Å². The van der Waals surface area contributed by atoms with E-state index in [0.29, 0.717) is 53.7 Å². The van der Waals surface area contributed by atoms with Gasteiger partial charge in [-0.2, -0.15) is 0 Å². The Kier molecular flexibility index (Phi) is 5.55. The molecule has 0 radical (unpaired) electrons. The number of pyridine rings is 1. The summed E-state index contributed by atoms with van der Waals surface area (Å²) >= 11 is 12.5. The van der Waals surface area contributed by atoms with Crippen LogP contribution in [0.4, 0.5) is 15.8 Å². The van der Waals surface area contributed by atoms with Gasteiger partial charge in [0.1, 0.15) is 23.8 Å². The molecule has 0 aliphatic carbocycles.